The summed E-state index contributed by atoms with van der Waals surface area (Å²) in [6.45, 7) is 16.7. The van der Waals surface area contributed by atoms with Crippen LogP contribution in [0, 0.1) is 20.8 Å². The van der Waals surface area contributed by atoms with Gasteiger partial charge in [0.15, 0.2) is 5.84 Å². The monoisotopic (exact) mass is 567 g/mol. The number of nitrogens with two attached hydrogens (primary N) is 1. The quantitative estimate of drug-likeness (QED) is 0.454. The van der Waals surface area contributed by atoms with E-state index in [0.29, 0.717) is 38.1 Å². The maximum atomic E-state index is 12.5. The maximum Gasteiger partial charge on any atom is 0.246 e. The van der Waals surface area contributed by atoms with Crippen molar-refractivity contribution in [1.29, 1.82) is 0 Å². The van der Waals surface area contributed by atoms with Crippen LogP contribution < -0.4 is 21.0 Å². The van der Waals surface area contributed by atoms with Gasteiger partial charge in [-0.25, -0.2) is 4.98 Å². The Hall–Kier alpha value is -4.18. The highest BCUT2D eigenvalue weighted by Gasteiger charge is 2.33. The third-order valence-corrected chi connectivity index (χ3v) is 9.13. The van der Waals surface area contributed by atoms with E-state index in [0.717, 1.165) is 74.7 Å². The van der Waals surface area contributed by atoms with Gasteiger partial charge in [0, 0.05) is 55.8 Å². The number of likely N-dealkylation sites (N-methyl/N-ethyl adjacent to an activating group) is 1. The number of hydrogen-bond donors (Lipinski definition) is 2. The lowest BCUT2D eigenvalue weighted by Gasteiger charge is -2.44. The number of carbonyl (C=O) groups excluding carboxylic acids is 1. The van der Waals surface area contributed by atoms with Crippen LogP contribution >= 0.6 is 0 Å². The lowest BCUT2D eigenvalue weighted by molar-refractivity contribution is -0.128. The van der Waals surface area contributed by atoms with E-state index >= 15 is 0 Å². The lowest BCUT2D eigenvalue weighted by Crippen LogP contribution is -2.58. The molecule has 3 aliphatic heterocycles. The van der Waals surface area contributed by atoms with Crippen LogP contribution in [-0.4, -0.2) is 90.4 Å². The van der Waals surface area contributed by atoms with Crippen LogP contribution in [0.5, 0.6) is 0 Å². The van der Waals surface area contributed by atoms with Gasteiger partial charge in [-0.3, -0.25) is 4.79 Å². The number of fused-ring (bicyclic) bond motifs is 2. The van der Waals surface area contributed by atoms with Crippen molar-refractivity contribution in [2.75, 3.05) is 56.6 Å². The van der Waals surface area contributed by atoms with Crippen LogP contribution in [0.1, 0.15) is 34.7 Å². The molecule has 0 radical (unpaired) electrons. The van der Waals surface area contributed by atoms with Crippen LogP contribution in [0.15, 0.2) is 36.0 Å². The van der Waals surface area contributed by atoms with Gasteiger partial charge in [-0.05, 0) is 87.3 Å². The number of rotatable bonds is 5. The van der Waals surface area contributed by atoms with Gasteiger partial charge in [-0.2, -0.15) is 10.1 Å². The van der Waals surface area contributed by atoms with E-state index in [9.17, 15) is 4.79 Å². The lowest BCUT2D eigenvalue weighted by atomic mass is 9.85. The van der Waals surface area contributed by atoms with E-state index < -0.39 is 0 Å². The van der Waals surface area contributed by atoms with E-state index in [-0.39, 0.29) is 11.9 Å². The fourth-order valence-electron chi connectivity index (χ4n) is 6.65. The molecule has 10 heteroatoms. The molecule has 10 nitrogen and oxygen atoms in total. The summed E-state index contributed by atoms with van der Waals surface area (Å²) in [5.41, 5.74) is 18.3. The number of benzene rings is 2. The normalized spacial score (nSPS) is 19.0. The molecule has 1 amide bonds. The molecule has 4 heterocycles. The van der Waals surface area contributed by atoms with Gasteiger partial charge in [0.05, 0.1) is 12.1 Å². The second-order valence-electron chi connectivity index (χ2n) is 12.1. The molecule has 0 saturated carbocycles. The maximum absolute atomic E-state index is 12.5. The number of aryl methyl sites for hydroxylation is 3. The standard InChI is InChI=1S/C32H41N9O/c1-8-25(42)41-12-11-39(15-20(41)4)31-24-13-19(3)26(27-18(2)9-10-22-14-34-37-30(33)28(22)27)21(5)29(24)35-32(36-31)40-16-23(17-40)38(6)7/h8-10,13,20,23,34H,1,11-12,14-17H2,2-7H3,(H2,33,37)/t20-/m1/s1. The third kappa shape index (κ3) is 4.54. The average Bonchev–Trinajstić information content (AvgIpc) is 2.93. The molecule has 2 fully saturated rings. The highest BCUT2D eigenvalue weighted by molar-refractivity contribution is 6.08. The van der Waals surface area contributed by atoms with Gasteiger partial charge in [-0.1, -0.05) is 18.7 Å². The molecule has 42 heavy (non-hydrogen) atoms. The fourth-order valence-corrected chi connectivity index (χ4v) is 6.65. The molecule has 3 aliphatic rings. The Morgan fingerprint density at radius 2 is 1.81 bits per heavy atom. The second-order valence-corrected chi connectivity index (χ2v) is 12.1. The minimum absolute atomic E-state index is 0.0263. The average molecular weight is 568 g/mol. The molecule has 0 bridgehead atoms. The Morgan fingerprint density at radius 3 is 2.50 bits per heavy atom. The minimum Gasteiger partial charge on any atom is -0.382 e. The van der Waals surface area contributed by atoms with Crippen molar-refractivity contribution in [1.82, 2.24) is 25.2 Å². The number of amides is 1. The van der Waals surface area contributed by atoms with E-state index in [1.165, 1.54) is 6.08 Å². The number of anilines is 2. The largest absolute Gasteiger partial charge is 0.382 e. The van der Waals surface area contributed by atoms with E-state index in [1.807, 2.05) is 4.90 Å². The van der Waals surface area contributed by atoms with E-state index in [2.05, 4.69) is 91.8 Å². The van der Waals surface area contributed by atoms with Crippen molar-refractivity contribution in [2.45, 2.75) is 46.3 Å². The first-order valence-corrected chi connectivity index (χ1v) is 14.7. The van der Waals surface area contributed by atoms with E-state index in [4.69, 9.17) is 15.7 Å². The molecule has 2 aromatic carbocycles. The Kier molecular flexibility index (Phi) is 7.04. The molecule has 3 N–H and O–H groups in total. The van der Waals surface area contributed by atoms with Crippen molar-refractivity contribution in [3.8, 4) is 11.1 Å². The molecule has 2 saturated heterocycles. The zero-order chi connectivity index (χ0) is 29.9. The highest BCUT2D eigenvalue weighted by atomic mass is 16.2. The van der Waals surface area contributed by atoms with Crippen molar-refractivity contribution in [2.24, 2.45) is 10.8 Å². The number of aromatic nitrogens is 2. The fraction of sp³-hybridized carbons (Fsp3) is 0.438. The Bertz CT molecular complexity index is 1620. The molecule has 3 aromatic rings. The highest BCUT2D eigenvalue weighted by Crippen LogP contribution is 2.41. The molecule has 6 rings (SSSR count). The van der Waals surface area contributed by atoms with Gasteiger partial charge in [0.2, 0.25) is 11.9 Å². The SMILES string of the molecule is C=CC(=O)N1CCN(c2nc(N3CC(N(C)C)C3)nc3c(C)c(-c4c(C)ccc5c4C(N)=NNC5)c(C)cc23)C[C@H]1C. The summed E-state index contributed by atoms with van der Waals surface area (Å²) in [7, 11) is 4.24. The third-order valence-electron chi connectivity index (χ3n) is 9.13. The number of hydrazone groups is 1. The first kappa shape index (κ1) is 28.0. The smallest absolute Gasteiger partial charge is 0.246 e. The summed E-state index contributed by atoms with van der Waals surface area (Å²) in [5.74, 6) is 2.16. The molecule has 1 aromatic heterocycles. The number of nitrogens with zero attached hydrogens (tertiary/aromatic N) is 7. The molecule has 220 valence electrons. The predicted octanol–water partition coefficient (Wildman–Crippen LogP) is 2.92. The summed E-state index contributed by atoms with van der Waals surface area (Å²) in [5, 5.41) is 5.40. The molecule has 0 unspecified atom stereocenters. The molecular formula is C32H41N9O. The number of hydrogen-bond acceptors (Lipinski definition) is 9. The first-order chi connectivity index (χ1) is 20.1. The van der Waals surface area contributed by atoms with Crippen LogP contribution in [0.4, 0.5) is 11.8 Å². The van der Waals surface area contributed by atoms with Gasteiger partial charge in [0.1, 0.15) is 5.82 Å². The van der Waals surface area contributed by atoms with Gasteiger partial charge in [0.25, 0.3) is 0 Å². The van der Waals surface area contributed by atoms with Crippen molar-refractivity contribution in [3.05, 3.63) is 58.7 Å². The van der Waals surface area contributed by atoms with Gasteiger partial charge in [-0.15, -0.1) is 0 Å². The Labute approximate surface area is 247 Å². The minimum atomic E-state index is -0.0263. The van der Waals surface area contributed by atoms with Crippen molar-refractivity contribution < 1.29 is 4.79 Å². The first-order valence-electron chi connectivity index (χ1n) is 14.7. The summed E-state index contributed by atoms with van der Waals surface area (Å²) in [6.07, 6.45) is 1.40. The van der Waals surface area contributed by atoms with Gasteiger partial charge >= 0.3 is 0 Å². The van der Waals surface area contributed by atoms with Crippen LogP contribution in [0.3, 0.4) is 0 Å². The summed E-state index contributed by atoms with van der Waals surface area (Å²) < 4.78 is 0. The van der Waals surface area contributed by atoms with Gasteiger partial charge < -0.3 is 30.8 Å². The van der Waals surface area contributed by atoms with Crippen LogP contribution in [0.25, 0.3) is 22.0 Å². The summed E-state index contributed by atoms with van der Waals surface area (Å²) in [4.78, 5) is 31.6. The van der Waals surface area contributed by atoms with Crippen molar-refractivity contribution >= 4 is 34.4 Å². The molecule has 1 atom stereocenters. The predicted molar refractivity (Wildman–Crippen MR) is 170 cm³/mol. The van der Waals surface area contributed by atoms with Crippen molar-refractivity contribution in [3.63, 3.8) is 0 Å². The number of amidine groups is 1. The summed E-state index contributed by atoms with van der Waals surface area (Å²) in [6, 6.07) is 7.05. The Balaban J connectivity index is 1.52. The number of piperazine rings is 1. The molecule has 0 spiro atoms. The number of carbonyl (C=O) groups is 1. The Morgan fingerprint density at radius 1 is 1.05 bits per heavy atom. The summed E-state index contributed by atoms with van der Waals surface area (Å²) >= 11 is 0. The van der Waals surface area contributed by atoms with E-state index in [1.54, 1.807) is 0 Å². The van der Waals surface area contributed by atoms with Crippen LogP contribution in [0.2, 0.25) is 0 Å². The zero-order valence-electron chi connectivity index (χ0n) is 25.5. The number of nitrogens with one attached hydrogen (secondary N) is 1. The zero-order valence-corrected chi connectivity index (χ0v) is 25.5. The molecular weight excluding hydrogens is 526 g/mol. The topological polar surface area (TPSA) is 106 Å². The van der Waals surface area contributed by atoms with Crippen LogP contribution in [-0.2, 0) is 11.3 Å². The molecule has 0 aliphatic carbocycles. The second kappa shape index (κ2) is 10.6.